The number of nitrogens with two attached hydrogens (primary N) is 1. The van der Waals surface area contributed by atoms with E-state index in [1.165, 1.54) is 24.3 Å². The van der Waals surface area contributed by atoms with Crippen molar-refractivity contribution >= 4 is 51.1 Å². The van der Waals surface area contributed by atoms with E-state index in [0.717, 1.165) is 5.56 Å². The Labute approximate surface area is 217 Å². The van der Waals surface area contributed by atoms with E-state index in [1.807, 2.05) is 6.07 Å². The van der Waals surface area contributed by atoms with Crippen molar-refractivity contribution in [2.24, 2.45) is 5.73 Å². The third-order valence-electron chi connectivity index (χ3n) is 5.86. The van der Waals surface area contributed by atoms with Crippen molar-refractivity contribution in [2.45, 2.75) is 19.8 Å². The van der Waals surface area contributed by atoms with E-state index >= 15 is 0 Å². The lowest BCUT2D eigenvalue weighted by molar-refractivity contribution is -0.274. The van der Waals surface area contributed by atoms with Crippen LogP contribution in [0.5, 0.6) is 5.75 Å². The zero-order valence-electron chi connectivity index (χ0n) is 19.6. The summed E-state index contributed by atoms with van der Waals surface area (Å²) in [6.07, 6.45) is -4.80. The molecule has 194 valence electrons. The fraction of sp³-hybridized carbons (Fsp3) is 0.115. The average molecular weight is 543 g/mol. The van der Waals surface area contributed by atoms with Crippen molar-refractivity contribution in [3.63, 3.8) is 0 Å². The quantitative estimate of drug-likeness (QED) is 0.259. The molecular weight excluding hydrogens is 525 g/mol. The zero-order chi connectivity index (χ0) is 27.2. The molecule has 0 aliphatic rings. The van der Waals surface area contributed by atoms with Gasteiger partial charge in [0, 0.05) is 22.2 Å². The van der Waals surface area contributed by atoms with Crippen LogP contribution >= 0.6 is 11.6 Å². The zero-order valence-corrected chi connectivity index (χ0v) is 20.4. The summed E-state index contributed by atoms with van der Waals surface area (Å²) >= 11 is 6.17. The summed E-state index contributed by atoms with van der Waals surface area (Å²) in [4.78, 5) is 28.9. The fourth-order valence-electron chi connectivity index (χ4n) is 4.20. The van der Waals surface area contributed by atoms with E-state index < -0.39 is 17.9 Å². The Bertz CT molecular complexity index is 1760. The number of hydrogen-bond acceptors (Lipinski definition) is 6. The lowest BCUT2D eigenvalue weighted by Gasteiger charge is -2.13. The molecule has 2 heterocycles. The molecule has 12 heteroatoms. The first-order valence-corrected chi connectivity index (χ1v) is 11.5. The van der Waals surface area contributed by atoms with Gasteiger partial charge >= 0.3 is 12.0 Å². The maximum absolute atomic E-state index is 12.5. The predicted molar refractivity (Wildman–Crippen MR) is 136 cm³/mol. The molecule has 38 heavy (non-hydrogen) atoms. The number of primary amides is 1. The van der Waals surface area contributed by atoms with Gasteiger partial charge in [-0.25, -0.2) is 9.78 Å². The van der Waals surface area contributed by atoms with Gasteiger partial charge in [-0.1, -0.05) is 23.7 Å². The minimum absolute atomic E-state index is 0.234. The number of alkyl halides is 3. The summed E-state index contributed by atoms with van der Waals surface area (Å²) in [5.41, 5.74) is 7.27. The highest BCUT2D eigenvalue weighted by atomic mass is 35.5. The second-order valence-corrected chi connectivity index (χ2v) is 8.88. The molecule has 3 aromatic carbocycles. The molecule has 0 bridgehead atoms. The van der Waals surface area contributed by atoms with Gasteiger partial charge in [-0.05, 0) is 60.5 Å². The number of benzene rings is 3. The highest BCUT2D eigenvalue weighted by Crippen LogP contribution is 2.31. The number of aryl methyl sites for hydroxylation is 1. The number of aromatic nitrogens is 2. The van der Waals surface area contributed by atoms with Crippen LogP contribution in [0.3, 0.4) is 0 Å². The number of fused-ring (bicyclic) bond motifs is 2. The number of carbonyl (C=O) groups excluding carboxylic acids is 1. The number of halogens is 4. The van der Waals surface area contributed by atoms with Crippen LogP contribution in [0.4, 0.5) is 24.8 Å². The summed E-state index contributed by atoms with van der Waals surface area (Å²) in [5.74, 6) is -0.905. The van der Waals surface area contributed by atoms with Gasteiger partial charge in [0.05, 0.1) is 17.6 Å². The number of nitrogens with one attached hydrogen (secondary N) is 1. The molecule has 3 N–H and O–H groups in total. The Hall–Kier alpha value is -4.51. The maximum atomic E-state index is 12.5. The van der Waals surface area contributed by atoms with Gasteiger partial charge in [-0.15, -0.1) is 13.2 Å². The lowest BCUT2D eigenvalue weighted by Crippen LogP contribution is -2.22. The number of rotatable bonds is 6. The Morgan fingerprint density at radius 1 is 1.16 bits per heavy atom. The van der Waals surface area contributed by atoms with Crippen molar-refractivity contribution < 1.29 is 27.1 Å². The van der Waals surface area contributed by atoms with E-state index in [2.05, 4.69) is 15.0 Å². The summed E-state index contributed by atoms with van der Waals surface area (Å²) in [6.45, 7) is 1.90. The largest absolute Gasteiger partial charge is 0.573 e. The summed E-state index contributed by atoms with van der Waals surface area (Å²) < 4.78 is 48.7. The summed E-state index contributed by atoms with van der Waals surface area (Å²) in [7, 11) is 0. The van der Waals surface area contributed by atoms with E-state index in [1.54, 1.807) is 41.8 Å². The molecule has 0 fully saturated rings. The lowest BCUT2D eigenvalue weighted by atomic mass is 10.1. The summed E-state index contributed by atoms with van der Waals surface area (Å²) in [5, 5.41) is 4.13. The Morgan fingerprint density at radius 2 is 1.89 bits per heavy atom. The first-order chi connectivity index (χ1) is 18.0. The van der Waals surface area contributed by atoms with Gasteiger partial charge in [0.25, 0.3) is 5.91 Å². The van der Waals surface area contributed by atoms with E-state index in [9.17, 15) is 22.8 Å². The van der Waals surface area contributed by atoms with Gasteiger partial charge in [-0.2, -0.15) is 0 Å². The molecule has 0 saturated carbocycles. The fourth-order valence-corrected chi connectivity index (χ4v) is 4.41. The number of amides is 1. The first kappa shape index (κ1) is 25.2. The average Bonchev–Trinajstić information content (AvgIpc) is 3.14. The van der Waals surface area contributed by atoms with Crippen molar-refractivity contribution in [3.8, 4) is 5.75 Å². The molecule has 0 atom stereocenters. The molecule has 2 aromatic heterocycles. The summed E-state index contributed by atoms with van der Waals surface area (Å²) in [6, 6.07) is 15.7. The monoisotopic (exact) mass is 542 g/mol. The molecule has 0 unspecified atom stereocenters. The van der Waals surface area contributed by atoms with Gasteiger partial charge in [0.15, 0.2) is 0 Å². The van der Waals surface area contributed by atoms with Gasteiger partial charge in [0.2, 0.25) is 5.95 Å². The van der Waals surface area contributed by atoms with Crippen molar-refractivity contribution in [2.75, 3.05) is 5.32 Å². The minimum atomic E-state index is -4.80. The molecule has 0 aliphatic carbocycles. The van der Waals surface area contributed by atoms with Crippen molar-refractivity contribution in [1.29, 1.82) is 0 Å². The van der Waals surface area contributed by atoms with Crippen LogP contribution in [0.1, 0.15) is 21.5 Å². The second-order valence-electron chi connectivity index (χ2n) is 8.44. The molecular formula is C26H18ClF3N4O4. The molecule has 0 spiro atoms. The number of carbonyl (C=O) groups is 1. The van der Waals surface area contributed by atoms with Gasteiger partial charge in [0.1, 0.15) is 16.9 Å². The number of hydrogen-bond donors (Lipinski definition) is 2. The molecule has 5 rings (SSSR count). The molecule has 0 saturated heterocycles. The van der Waals surface area contributed by atoms with Crippen LogP contribution in [-0.2, 0) is 6.54 Å². The molecule has 0 aliphatic heterocycles. The topological polar surface area (TPSA) is 112 Å². The number of imidazole rings is 1. The van der Waals surface area contributed by atoms with Crippen LogP contribution in [0.2, 0.25) is 5.02 Å². The molecule has 8 nitrogen and oxygen atoms in total. The van der Waals surface area contributed by atoms with Crippen LogP contribution in [0.15, 0.2) is 69.9 Å². The Kier molecular flexibility index (Phi) is 6.23. The number of anilines is 2. The normalized spacial score (nSPS) is 11.7. The second kappa shape index (κ2) is 9.42. The van der Waals surface area contributed by atoms with Crippen molar-refractivity contribution in [1.82, 2.24) is 9.55 Å². The SMILES string of the molecule is Cc1c(C(N)=O)c(=O)oc2cc3c(cc12)nc(Nc1ccc(OC(F)(F)F)cc1)n3Cc1cccc(Cl)c1. The highest BCUT2D eigenvalue weighted by molar-refractivity contribution is 6.30. The van der Waals surface area contributed by atoms with Gasteiger partial charge < -0.3 is 24.8 Å². The van der Waals surface area contributed by atoms with E-state index in [0.29, 0.717) is 45.2 Å². The smallest absolute Gasteiger partial charge is 0.422 e. The third-order valence-corrected chi connectivity index (χ3v) is 6.09. The van der Waals surface area contributed by atoms with Crippen LogP contribution < -0.4 is 21.4 Å². The van der Waals surface area contributed by atoms with E-state index in [4.69, 9.17) is 21.8 Å². The van der Waals surface area contributed by atoms with Crippen LogP contribution in [0, 0.1) is 6.92 Å². The Balaban J connectivity index is 1.64. The van der Waals surface area contributed by atoms with Crippen LogP contribution in [0.25, 0.3) is 22.0 Å². The third kappa shape index (κ3) is 5.00. The highest BCUT2D eigenvalue weighted by Gasteiger charge is 2.31. The standard InChI is InChI=1S/C26H18ClF3N4O4/c1-13-18-10-19-20(11-21(18)37-24(36)22(13)23(31)35)34(12-14-3-2-4-15(27)9-14)25(33-19)32-16-5-7-17(8-6-16)38-26(28,29)30/h2-11H,12H2,1H3,(H2,31,35)(H,32,33). The van der Waals surface area contributed by atoms with Crippen molar-refractivity contribution in [3.05, 3.63) is 92.8 Å². The number of ether oxygens (including phenoxy) is 1. The van der Waals surface area contributed by atoms with Crippen LogP contribution in [-0.4, -0.2) is 21.8 Å². The molecule has 5 aromatic rings. The van der Waals surface area contributed by atoms with Gasteiger partial charge in [-0.3, -0.25) is 4.79 Å². The maximum Gasteiger partial charge on any atom is 0.573 e. The molecule has 0 radical (unpaired) electrons. The number of nitrogens with zero attached hydrogens (tertiary/aromatic N) is 2. The minimum Gasteiger partial charge on any atom is -0.422 e. The van der Waals surface area contributed by atoms with E-state index in [-0.39, 0.29) is 16.9 Å². The first-order valence-electron chi connectivity index (χ1n) is 11.1. The molecule has 1 amide bonds. The predicted octanol–water partition coefficient (Wildman–Crippen LogP) is 5.89. The Morgan fingerprint density at radius 3 is 2.55 bits per heavy atom.